The van der Waals surface area contributed by atoms with Crippen LogP contribution in [-0.2, 0) is 5.54 Å². The third kappa shape index (κ3) is 3.29. The van der Waals surface area contributed by atoms with Gasteiger partial charge in [0.25, 0.3) is 0 Å². The van der Waals surface area contributed by atoms with Gasteiger partial charge in [-0.2, -0.15) is 4.68 Å². The van der Waals surface area contributed by atoms with Crippen molar-refractivity contribution in [3.05, 3.63) is 35.2 Å². The zero-order valence-corrected chi connectivity index (χ0v) is 14.6. The van der Waals surface area contributed by atoms with E-state index in [1.807, 2.05) is 4.68 Å². The average Bonchev–Trinajstić information content (AvgIpc) is 2.96. The molecule has 5 heteroatoms. The Labute approximate surface area is 138 Å². The van der Waals surface area contributed by atoms with E-state index in [2.05, 4.69) is 66.7 Å². The molecule has 1 saturated carbocycles. The van der Waals surface area contributed by atoms with Gasteiger partial charge in [0.05, 0.1) is 11.2 Å². The highest BCUT2D eigenvalue weighted by Crippen LogP contribution is 2.37. The van der Waals surface area contributed by atoms with Crippen LogP contribution in [0.5, 0.6) is 0 Å². The SMILES string of the molecule is Cc1cc(C)cc(-n2nnnc2C2(NC(C)C)CCCCC2)c1. The van der Waals surface area contributed by atoms with Crippen LogP contribution >= 0.6 is 0 Å². The molecule has 1 heterocycles. The van der Waals surface area contributed by atoms with Crippen molar-refractivity contribution < 1.29 is 0 Å². The first-order valence-corrected chi connectivity index (χ1v) is 8.65. The van der Waals surface area contributed by atoms with Crippen LogP contribution in [0.4, 0.5) is 0 Å². The van der Waals surface area contributed by atoms with Gasteiger partial charge in [0.1, 0.15) is 0 Å². The fourth-order valence-corrected chi connectivity index (χ4v) is 3.87. The molecule has 2 aromatic rings. The number of nitrogens with zero attached hydrogens (tertiary/aromatic N) is 4. The number of aryl methyl sites for hydroxylation is 2. The number of rotatable bonds is 4. The van der Waals surface area contributed by atoms with E-state index in [1.54, 1.807) is 0 Å². The first-order valence-electron chi connectivity index (χ1n) is 8.65. The summed E-state index contributed by atoms with van der Waals surface area (Å²) in [4.78, 5) is 0. The first-order chi connectivity index (χ1) is 11.0. The Kier molecular flexibility index (Phi) is 4.48. The van der Waals surface area contributed by atoms with Crippen molar-refractivity contribution in [1.82, 2.24) is 25.5 Å². The van der Waals surface area contributed by atoms with Gasteiger partial charge in [0.2, 0.25) is 0 Å². The molecule has 0 radical (unpaired) electrons. The largest absolute Gasteiger partial charge is 0.302 e. The summed E-state index contributed by atoms with van der Waals surface area (Å²) in [5.74, 6) is 0.955. The Hall–Kier alpha value is -1.75. The van der Waals surface area contributed by atoms with Gasteiger partial charge in [-0.25, -0.2) is 0 Å². The normalized spacial score (nSPS) is 17.6. The summed E-state index contributed by atoms with van der Waals surface area (Å²) in [5, 5.41) is 16.5. The quantitative estimate of drug-likeness (QED) is 0.939. The maximum Gasteiger partial charge on any atom is 0.176 e. The van der Waals surface area contributed by atoms with E-state index in [0.717, 1.165) is 24.4 Å². The van der Waals surface area contributed by atoms with Gasteiger partial charge in [-0.3, -0.25) is 0 Å². The average molecular weight is 313 g/mol. The minimum atomic E-state index is -0.117. The van der Waals surface area contributed by atoms with E-state index in [9.17, 15) is 0 Å². The van der Waals surface area contributed by atoms with Gasteiger partial charge in [0.15, 0.2) is 5.82 Å². The number of hydrogen-bond donors (Lipinski definition) is 1. The highest BCUT2D eigenvalue weighted by Gasteiger charge is 2.39. The highest BCUT2D eigenvalue weighted by molar-refractivity contribution is 5.39. The Morgan fingerprint density at radius 1 is 1.04 bits per heavy atom. The van der Waals surface area contributed by atoms with Crippen LogP contribution in [0.15, 0.2) is 18.2 Å². The molecule has 1 aliphatic carbocycles. The van der Waals surface area contributed by atoms with Crippen LogP contribution in [0.2, 0.25) is 0 Å². The minimum Gasteiger partial charge on any atom is -0.302 e. The summed E-state index contributed by atoms with van der Waals surface area (Å²) in [5.41, 5.74) is 3.40. The van der Waals surface area contributed by atoms with Gasteiger partial charge in [0, 0.05) is 6.04 Å². The molecule has 23 heavy (non-hydrogen) atoms. The number of benzene rings is 1. The van der Waals surface area contributed by atoms with Crippen molar-refractivity contribution in [1.29, 1.82) is 0 Å². The molecule has 0 amide bonds. The number of aromatic nitrogens is 4. The van der Waals surface area contributed by atoms with E-state index < -0.39 is 0 Å². The summed E-state index contributed by atoms with van der Waals surface area (Å²) in [6.07, 6.45) is 5.93. The second-order valence-electron chi connectivity index (χ2n) is 7.20. The number of tetrazole rings is 1. The smallest absolute Gasteiger partial charge is 0.176 e. The van der Waals surface area contributed by atoms with Crippen LogP contribution < -0.4 is 5.32 Å². The minimum absolute atomic E-state index is 0.117. The van der Waals surface area contributed by atoms with Crippen molar-refractivity contribution >= 4 is 0 Å². The number of nitrogens with one attached hydrogen (secondary N) is 1. The van der Waals surface area contributed by atoms with E-state index in [1.165, 1.54) is 30.4 Å². The summed E-state index contributed by atoms with van der Waals surface area (Å²) >= 11 is 0. The molecule has 0 spiro atoms. The Morgan fingerprint density at radius 3 is 2.30 bits per heavy atom. The number of hydrogen-bond acceptors (Lipinski definition) is 4. The molecule has 1 aliphatic rings. The van der Waals surface area contributed by atoms with Crippen LogP contribution in [0.1, 0.15) is 62.9 Å². The van der Waals surface area contributed by atoms with Gasteiger partial charge >= 0.3 is 0 Å². The van der Waals surface area contributed by atoms with Crippen molar-refractivity contribution in [2.45, 2.75) is 71.4 Å². The lowest BCUT2D eigenvalue weighted by atomic mass is 9.80. The van der Waals surface area contributed by atoms with E-state index in [4.69, 9.17) is 0 Å². The van der Waals surface area contributed by atoms with E-state index in [0.29, 0.717) is 6.04 Å². The molecule has 1 N–H and O–H groups in total. The first kappa shape index (κ1) is 16.1. The highest BCUT2D eigenvalue weighted by atomic mass is 15.6. The van der Waals surface area contributed by atoms with Crippen LogP contribution in [0.25, 0.3) is 5.69 Å². The lowest BCUT2D eigenvalue weighted by molar-refractivity contribution is 0.201. The summed E-state index contributed by atoms with van der Waals surface area (Å²) in [6, 6.07) is 6.88. The fraction of sp³-hybridized carbons (Fsp3) is 0.611. The molecule has 5 nitrogen and oxygen atoms in total. The van der Waals surface area contributed by atoms with E-state index >= 15 is 0 Å². The molecule has 0 atom stereocenters. The molecule has 0 unspecified atom stereocenters. The van der Waals surface area contributed by atoms with Crippen LogP contribution in [-0.4, -0.2) is 26.2 Å². The molecule has 1 aromatic carbocycles. The van der Waals surface area contributed by atoms with Crippen molar-refractivity contribution in [3.63, 3.8) is 0 Å². The molecular weight excluding hydrogens is 286 g/mol. The van der Waals surface area contributed by atoms with Gasteiger partial charge in [-0.05, 0) is 74.2 Å². The molecule has 0 aliphatic heterocycles. The van der Waals surface area contributed by atoms with Crippen LogP contribution in [0, 0.1) is 13.8 Å². The second-order valence-corrected chi connectivity index (χ2v) is 7.20. The molecule has 3 rings (SSSR count). The third-order valence-electron chi connectivity index (χ3n) is 4.62. The standard InChI is InChI=1S/C18H27N5/c1-13(2)19-18(8-6-5-7-9-18)17-20-21-22-23(17)16-11-14(3)10-15(4)12-16/h10-13,19H,5-9H2,1-4H3. The molecule has 124 valence electrons. The van der Waals surface area contributed by atoms with Crippen LogP contribution in [0.3, 0.4) is 0 Å². The topological polar surface area (TPSA) is 55.6 Å². The van der Waals surface area contributed by atoms with Crippen molar-refractivity contribution in [2.24, 2.45) is 0 Å². The maximum absolute atomic E-state index is 4.44. The van der Waals surface area contributed by atoms with Gasteiger partial charge in [-0.1, -0.05) is 25.3 Å². The monoisotopic (exact) mass is 313 g/mol. The van der Waals surface area contributed by atoms with Crippen molar-refractivity contribution in [3.8, 4) is 5.69 Å². The third-order valence-corrected chi connectivity index (χ3v) is 4.62. The predicted octanol–water partition coefficient (Wildman–Crippen LogP) is 3.44. The van der Waals surface area contributed by atoms with Crippen molar-refractivity contribution in [2.75, 3.05) is 0 Å². The maximum atomic E-state index is 4.44. The van der Waals surface area contributed by atoms with Gasteiger partial charge in [-0.15, -0.1) is 5.10 Å². The lowest BCUT2D eigenvalue weighted by Crippen LogP contribution is -2.49. The summed E-state index contributed by atoms with van der Waals surface area (Å²) in [6.45, 7) is 8.62. The molecule has 0 bridgehead atoms. The van der Waals surface area contributed by atoms with E-state index in [-0.39, 0.29) is 5.54 Å². The molecule has 1 fully saturated rings. The second kappa shape index (κ2) is 6.40. The summed E-state index contributed by atoms with van der Waals surface area (Å²) in [7, 11) is 0. The zero-order chi connectivity index (χ0) is 16.4. The predicted molar refractivity (Wildman–Crippen MR) is 91.7 cm³/mol. The lowest BCUT2D eigenvalue weighted by Gasteiger charge is -2.38. The fourth-order valence-electron chi connectivity index (χ4n) is 3.87. The molecule has 0 saturated heterocycles. The summed E-state index contributed by atoms with van der Waals surface area (Å²) < 4.78 is 1.93. The molecule has 1 aromatic heterocycles. The Morgan fingerprint density at radius 2 is 1.70 bits per heavy atom. The zero-order valence-electron chi connectivity index (χ0n) is 14.6. The Balaban J connectivity index is 2.07. The Bertz CT molecular complexity index is 648. The molecular formula is C18H27N5. The van der Waals surface area contributed by atoms with Gasteiger partial charge < -0.3 is 5.32 Å².